The second-order valence-corrected chi connectivity index (χ2v) is 4.31. The molecule has 19 heavy (non-hydrogen) atoms. The number of rotatable bonds is 4. The van der Waals surface area contributed by atoms with Crippen LogP contribution in [0.4, 0.5) is 0 Å². The Kier molecular flexibility index (Phi) is 4.36. The van der Waals surface area contributed by atoms with Crippen molar-refractivity contribution in [2.45, 2.75) is 13.5 Å². The number of allylic oxidation sites excluding steroid dienone is 1. The predicted octanol–water partition coefficient (Wildman–Crippen LogP) is 4.11. The van der Waals surface area contributed by atoms with Crippen LogP contribution in [-0.2, 0) is 6.61 Å². The number of hydrogen-bond donors (Lipinski definition) is 0. The van der Waals surface area contributed by atoms with Gasteiger partial charge < -0.3 is 4.74 Å². The number of aryl methyl sites for hydroxylation is 1. The van der Waals surface area contributed by atoms with Crippen LogP contribution in [0.15, 0.2) is 54.6 Å². The van der Waals surface area contributed by atoms with Crippen LogP contribution in [0, 0.1) is 18.3 Å². The van der Waals surface area contributed by atoms with Gasteiger partial charge in [0.15, 0.2) is 0 Å². The Morgan fingerprint density at radius 1 is 1.16 bits per heavy atom. The lowest BCUT2D eigenvalue weighted by molar-refractivity contribution is 0.306. The molecule has 0 aromatic heterocycles. The Labute approximate surface area is 113 Å². The number of nitriles is 1. The normalized spacial score (nSPS) is 10.3. The Morgan fingerprint density at radius 2 is 1.95 bits per heavy atom. The molecule has 0 aliphatic carbocycles. The molecule has 0 bridgehead atoms. The first kappa shape index (κ1) is 12.9. The Hall–Kier alpha value is -2.53. The predicted molar refractivity (Wildman–Crippen MR) is 76.6 cm³/mol. The van der Waals surface area contributed by atoms with E-state index in [-0.39, 0.29) is 0 Å². The molecule has 0 radical (unpaired) electrons. The van der Waals surface area contributed by atoms with Crippen LogP contribution in [0.2, 0.25) is 0 Å². The maximum Gasteiger partial charge on any atom is 0.119 e. The molecule has 2 aromatic rings. The number of benzene rings is 2. The number of hydrogen-bond acceptors (Lipinski definition) is 2. The van der Waals surface area contributed by atoms with Crippen LogP contribution in [0.25, 0.3) is 6.08 Å². The van der Waals surface area contributed by atoms with Gasteiger partial charge in [0.25, 0.3) is 0 Å². The summed E-state index contributed by atoms with van der Waals surface area (Å²) in [5.74, 6) is 0.829. The van der Waals surface area contributed by atoms with Gasteiger partial charge in [-0.15, -0.1) is 0 Å². The molecule has 2 heteroatoms. The molecule has 2 rings (SSSR count). The third-order valence-electron chi connectivity index (χ3n) is 2.72. The van der Waals surface area contributed by atoms with Crippen molar-refractivity contribution in [3.05, 3.63) is 71.3 Å². The van der Waals surface area contributed by atoms with Gasteiger partial charge in [-0.25, -0.2) is 0 Å². The first-order valence-electron chi connectivity index (χ1n) is 6.12. The van der Waals surface area contributed by atoms with E-state index in [1.54, 1.807) is 6.08 Å². The van der Waals surface area contributed by atoms with Gasteiger partial charge in [0.05, 0.1) is 6.07 Å². The molecule has 0 unspecified atom stereocenters. The van der Waals surface area contributed by atoms with E-state index < -0.39 is 0 Å². The lowest BCUT2D eigenvalue weighted by Crippen LogP contribution is -1.95. The third-order valence-corrected chi connectivity index (χ3v) is 2.72. The summed E-state index contributed by atoms with van der Waals surface area (Å²) in [5.41, 5.74) is 3.39. The van der Waals surface area contributed by atoms with Crippen LogP contribution in [0.3, 0.4) is 0 Å². The van der Waals surface area contributed by atoms with Gasteiger partial charge in [-0.05, 0) is 36.3 Å². The lowest BCUT2D eigenvalue weighted by Gasteiger charge is -2.07. The average Bonchev–Trinajstić information content (AvgIpc) is 2.44. The van der Waals surface area contributed by atoms with Crippen LogP contribution < -0.4 is 4.74 Å². The first-order chi connectivity index (χ1) is 9.28. The Morgan fingerprint density at radius 3 is 2.63 bits per heavy atom. The van der Waals surface area contributed by atoms with Crippen molar-refractivity contribution in [1.29, 1.82) is 5.26 Å². The summed E-state index contributed by atoms with van der Waals surface area (Å²) in [4.78, 5) is 0. The summed E-state index contributed by atoms with van der Waals surface area (Å²) < 4.78 is 5.72. The molecule has 0 N–H and O–H groups in total. The van der Waals surface area contributed by atoms with Crippen molar-refractivity contribution in [3.8, 4) is 11.8 Å². The zero-order valence-electron chi connectivity index (χ0n) is 10.8. The van der Waals surface area contributed by atoms with Crippen molar-refractivity contribution < 1.29 is 4.74 Å². The molecule has 0 atom stereocenters. The molecular formula is C17H15NO. The first-order valence-corrected chi connectivity index (χ1v) is 6.12. The van der Waals surface area contributed by atoms with Gasteiger partial charge in [-0.1, -0.05) is 42.0 Å². The second kappa shape index (κ2) is 6.42. The Bertz CT molecular complexity index is 606. The highest BCUT2D eigenvalue weighted by atomic mass is 16.5. The molecule has 0 amide bonds. The molecule has 2 nitrogen and oxygen atoms in total. The maximum atomic E-state index is 8.45. The maximum absolute atomic E-state index is 8.45. The van der Waals surface area contributed by atoms with Crippen molar-refractivity contribution in [2.75, 3.05) is 0 Å². The van der Waals surface area contributed by atoms with Gasteiger partial charge in [0.1, 0.15) is 12.4 Å². The fraction of sp³-hybridized carbons (Fsp3) is 0.118. The summed E-state index contributed by atoms with van der Waals surface area (Å²) in [6.07, 6.45) is 3.23. The zero-order valence-corrected chi connectivity index (χ0v) is 10.8. The highest BCUT2D eigenvalue weighted by Gasteiger charge is 1.96. The summed E-state index contributed by atoms with van der Waals surface area (Å²) in [6, 6.07) is 17.9. The Balaban J connectivity index is 1.97. The molecule has 94 valence electrons. The van der Waals surface area contributed by atoms with E-state index in [0.717, 1.165) is 16.9 Å². The fourth-order valence-corrected chi connectivity index (χ4v) is 1.78. The standard InChI is InChI=1S/C17H15NO/c1-14-4-2-5-16(12-14)13-19-17-9-7-15(8-10-17)6-3-11-18/h2-10,12H,13H2,1H3/b6-3+. The van der Waals surface area contributed by atoms with Crippen LogP contribution >= 0.6 is 0 Å². The van der Waals surface area contributed by atoms with Crippen molar-refractivity contribution >= 4 is 6.08 Å². The van der Waals surface area contributed by atoms with E-state index in [1.807, 2.05) is 36.4 Å². The highest BCUT2D eigenvalue weighted by molar-refractivity contribution is 5.52. The van der Waals surface area contributed by atoms with E-state index in [1.165, 1.54) is 11.6 Å². The highest BCUT2D eigenvalue weighted by Crippen LogP contribution is 2.15. The van der Waals surface area contributed by atoms with Gasteiger partial charge in [0, 0.05) is 6.08 Å². The van der Waals surface area contributed by atoms with Gasteiger partial charge >= 0.3 is 0 Å². The minimum atomic E-state index is 0.565. The topological polar surface area (TPSA) is 33.0 Å². The van der Waals surface area contributed by atoms with Gasteiger partial charge in [-0.3, -0.25) is 0 Å². The number of nitrogens with zero attached hydrogens (tertiary/aromatic N) is 1. The van der Waals surface area contributed by atoms with Crippen molar-refractivity contribution in [3.63, 3.8) is 0 Å². The largest absolute Gasteiger partial charge is 0.489 e. The van der Waals surface area contributed by atoms with Crippen molar-refractivity contribution in [2.24, 2.45) is 0 Å². The van der Waals surface area contributed by atoms with Crippen LogP contribution in [0.5, 0.6) is 5.75 Å². The smallest absolute Gasteiger partial charge is 0.119 e. The quantitative estimate of drug-likeness (QED) is 0.764. The fourth-order valence-electron chi connectivity index (χ4n) is 1.78. The van der Waals surface area contributed by atoms with E-state index in [2.05, 4.69) is 25.1 Å². The molecule has 0 saturated carbocycles. The average molecular weight is 249 g/mol. The van der Waals surface area contributed by atoms with E-state index in [9.17, 15) is 0 Å². The molecule has 2 aromatic carbocycles. The molecule has 0 spiro atoms. The lowest BCUT2D eigenvalue weighted by atomic mass is 10.1. The molecule has 0 aliphatic rings. The minimum absolute atomic E-state index is 0.565. The summed E-state index contributed by atoms with van der Waals surface area (Å²) >= 11 is 0. The summed E-state index contributed by atoms with van der Waals surface area (Å²) in [5, 5.41) is 8.45. The number of ether oxygens (including phenoxy) is 1. The third kappa shape index (κ3) is 4.01. The second-order valence-electron chi connectivity index (χ2n) is 4.31. The monoisotopic (exact) mass is 249 g/mol. The van der Waals surface area contributed by atoms with Crippen molar-refractivity contribution in [1.82, 2.24) is 0 Å². The van der Waals surface area contributed by atoms with E-state index in [0.29, 0.717) is 6.61 Å². The molecule has 0 saturated heterocycles. The summed E-state index contributed by atoms with van der Waals surface area (Å²) in [6.45, 7) is 2.63. The minimum Gasteiger partial charge on any atom is -0.489 e. The SMILES string of the molecule is Cc1cccc(COc2ccc(/C=C/C#N)cc2)c1. The van der Waals surface area contributed by atoms with Gasteiger partial charge in [-0.2, -0.15) is 5.26 Å². The van der Waals surface area contributed by atoms with Gasteiger partial charge in [0.2, 0.25) is 0 Å². The zero-order chi connectivity index (χ0) is 13.5. The molecular weight excluding hydrogens is 234 g/mol. The van der Waals surface area contributed by atoms with E-state index in [4.69, 9.17) is 10.00 Å². The summed E-state index contributed by atoms with van der Waals surface area (Å²) in [7, 11) is 0. The molecule has 0 aliphatic heterocycles. The molecule has 0 heterocycles. The van der Waals surface area contributed by atoms with E-state index >= 15 is 0 Å². The van der Waals surface area contributed by atoms with Crippen LogP contribution in [0.1, 0.15) is 16.7 Å². The molecule has 0 fully saturated rings. The van der Waals surface area contributed by atoms with Crippen LogP contribution in [-0.4, -0.2) is 0 Å².